The topological polar surface area (TPSA) is 107 Å². The Labute approximate surface area is 267 Å². The molecule has 2 fully saturated rings. The standard InChI is InChI=1S/C32H40FN4O5P.C2H6/c1-19-16-36(13-12-34-19)31-28(33)15-26-21(3)27(17-37(25-10-11-25)30(26)32(31)41-5)22(4)42-18-29(38)35-24-8-6-23(7-9-24)14-20(2)43(39)40;1-2/h6-9,15,17,19-20,25,34,39-40H,3-4,10-14,16,18H2,1-2,5H3,(H,35,38);1-2H3. The third-order valence-electron chi connectivity index (χ3n) is 8.03. The van der Waals surface area contributed by atoms with E-state index in [2.05, 4.69) is 35.6 Å². The van der Waals surface area contributed by atoms with Gasteiger partial charge in [0.15, 0.2) is 26.5 Å². The zero-order valence-corrected chi connectivity index (χ0v) is 27.8. The Morgan fingerprint density at radius 2 is 1.91 bits per heavy atom. The molecule has 2 heterocycles. The van der Waals surface area contributed by atoms with Gasteiger partial charge in [-0.3, -0.25) is 4.79 Å². The van der Waals surface area contributed by atoms with E-state index in [1.54, 1.807) is 26.2 Å². The summed E-state index contributed by atoms with van der Waals surface area (Å²) >= 11 is 0. The number of methoxy groups -OCH3 is 1. The molecule has 244 valence electrons. The van der Waals surface area contributed by atoms with Crippen LogP contribution in [0.25, 0.3) is 5.57 Å². The molecule has 0 radical (unpaired) electrons. The van der Waals surface area contributed by atoms with Gasteiger partial charge in [0.05, 0.1) is 12.8 Å². The van der Waals surface area contributed by atoms with Gasteiger partial charge in [0, 0.05) is 60.4 Å². The predicted molar refractivity (Wildman–Crippen MR) is 181 cm³/mol. The van der Waals surface area contributed by atoms with E-state index >= 15 is 4.39 Å². The minimum Gasteiger partial charge on any atom is -0.492 e. The van der Waals surface area contributed by atoms with Crippen LogP contribution in [0.4, 0.5) is 21.5 Å². The first-order chi connectivity index (χ1) is 21.6. The molecule has 0 aromatic heterocycles. The molecule has 3 aliphatic rings. The Balaban J connectivity index is 0.00000226. The van der Waals surface area contributed by atoms with Crippen molar-refractivity contribution in [3.63, 3.8) is 0 Å². The van der Waals surface area contributed by atoms with Crippen LogP contribution in [-0.2, 0) is 16.0 Å². The molecule has 11 heteroatoms. The van der Waals surface area contributed by atoms with Gasteiger partial charge in [-0.1, -0.05) is 46.1 Å². The number of anilines is 3. The average Bonchev–Trinajstić information content (AvgIpc) is 3.87. The lowest BCUT2D eigenvalue weighted by Crippen LogP contribution is -2.49. The number of nitrogens with zero attached hydrogens (tertiary/aromatic N) is 2. The minimum atomic E-state index is -1.99. The number of piperazine rings is 1. The van der Waals surface area contributed by atoms with Crippen molar-refractivity contribution in [3.05, 3.63) is 78.0 Å². The Bertz CT molecular complexity index is 1430. The SMILES string of the molecule is C=C(OCC(=O)Nc1ccc(CC(C)P(O)O)cc1)C1=CN(C2CC2)c2c(cc(F)c(N3CCNC(C)C3)c2OC)C1=C.CC. The number of benzene rings is 2. The Morgan fingerprint density at radius 3 is 2.51 bits per heavy atom. The van der Waals surface area contributed by atoms with Gasteiger partial charge in [0.2, 0.25) is 0 Å². The Kier molecular flexibility index (Phi) is 11.7. The van der Waals surface area contributed by atoms with Gasteiger partial charge >= 0.3 is 0 Å². The van der Waals surface area contributed by atoms with E-state index < -0.39 is 8.38 Å². The molecule has 0 bridgehead atoms. The molecular formula is C34H46FN4O5P. The number of hydrogen-bond acceptors (Lipinski definition) is 8. The predicted octanol–water partition coefficient (Wildman–Crippen LogP) is 5.93. The fraction of sp³-hybridized carbons (Fsp3) is 0.441. The van der Waals surface area contributed by atoms with Crippen molar-refractivity contribution in [1.29, 1.82) is 0 Å². The number of nitrogens with one attached hydrogen (secondary N) is 2. The van der Waals surface area contributed by atoms with Gasteiger partial charge in [-0.05, 0) is 55.5 Å². The van der Waals surface area contributed by atoms with Crippen LogP contribution in [0.1, 0.15) is 51.7 Å². The van der Waals surface area contributed by atoms with E-state index in [1.165, 1.54) is 6.07 Å². The smallest absolute Gasteiger partial charge is 0.262 e. The number of carbonyl (C=O) groups is 1. The first-order valence-electron chi connectivity index (χ1n) is 15.5. The maximum atomic E-state index is 15.8. The summed E-state index contributed by atoms with van der Waals surface area (Å²) in [5, 5.41) is 6.21. The number of ether oxygens (including phenoxy) is 2. The average molecular weight is 641 g/mol. The van der Waals surface area contributed by atoms with Gasteiger partial charge in [-0.25, -0.2) is 4.39 Å². The zero-order chi connectivity index (χ0) is 32.8. The summed E-state index contributed by atoms with van der Waals surface area (Å²) in [6, 6.07) is 9.19. The van der Waals surface area contributed by atoms with Crippen molar-refractivity contribution in [2.24, 2.45) is 0 Å². The number of amides is 1. The van der Waals surface area contributed by atoms with Gasteiger partial charge in [0.1, 0.15) is 11.4 Å². The number of halogens is 1. The summed E-state index contributed by atoms with van der Waals surface area (Å²) in [6.45, 7) is 18.0. The molecule has 2 aliphatic heterocycles. The minimum absolute atomic E-state index is 0.225. The number of fused-ring (bicyclic) bond motifs is 1. The summed E-state index contributed by atoms with van der Waals surface area (Å²) < 4.78 is 27.5. The summed E-state index contributed by atoms with van der Waals surface area (Å²) in [7, 11) is -0.417. The molecule has 1 saturated heterocycles. The van der Waals surface area contributed by atoms with E-state index in [0.29, 0.717) is 53.3 Å². The monoisotopic (exact) mass is 640 g/mol. The first-order valence-corrected chi connectivity index (χ1v) is 16.9. The van der Waals surface area contributed by atoms with Gasteiger partial charge in [0.25, 0.3) is 5.91 Å². The second-order valence-corrected chi connectivity index (χ2v) is 13.0. The molecule has 2 aromatic carbocycles. The number of rotatable bonds is 11. The molecule has 1 amide bonds. The lowest BCUT2D eigenvalue weighted by atomic mass is 9.92. The number of hydrogen-bond donors (Lipinski definition) is 4. The van der Waals surface area contributed by atoms with Crippen LogP contribution in [0.3, 0.4) is 0 Å². The van der Waals surface area contributed by atoms with Crippen molar-refractivity contribution in [1.82, 2.24) is 5.32 Å². The zero-order valence-electron chi connectivity index (χ0n) is 26.9. The van der Waals surface area contributed by atoms with Crippen molar-refractivity contribution >= 4 is 36.9 Å². The second kappa shape index (κ2) is 15.2. The molecule has 45 heavy (non-hydrogen) atoms. The van der Waals surface area contributed by atoms with Crippen LogP contribution in [0.15, 0.2) is 61.0 Å². The Morgan fingerprint density at radius 1 is 1.22 bits per heavy atom. The normalized spacial score (nSPS) is 18.4. The lowest BCUT2D eigenvalue weighted by Gasteiger charge is -2.38. The highest BCUT2D eigenvalue weighted by molar-refractivity contribution is 7.45. The third-order valence-corrected chi connectivity index (χ3v) is 9.00. The molecule has 2 unspecified atom stereocenters. The van der Waals surface area contributed by atoms with Crippen LogP contribution in [0, 0.1) is 5.82 Å². The Hall–Kier alpha value is -3.43. The maximum Gasteiger partial charge on any atom is 0.262 e. The fourth-order valence-corrected chi connectivity index (χ4v) is 5.97. The largest absolute Gasteiger partial charge is 0.492 e. The molecule has 1 saturated carbocycles. The molecule has 2 atom stereocenters. The molecule has 1 aliphatic carbocycles. The summed E-state index contributed by atoms with van der Waals surface area (Å²) in [5.41, 5.74) is 4.32. The van der Waals surface area contributed by atoms with Gasteiger partial charge in [-0.2, -0.15) is 0 Å². The maximum absolute atomic E-state index is 15.8. The van der Waals surface area contributed by atoms with Crippen molar-refractivity contribution in [3.8, 4) is 5.75 Å². The fourth-order valence-electron chi connectivity index (χ4n) is 5.60. The molecule has 0 spiro atoms. The van der Waals surface area contributed by atoms with Crippen molar-refractivity contribution in [2.75, 3.05) is 48.5 Å². The highest BCUT2D eigenvalue weighted by atomic mass is 31.2. The number of allylic oxidation sites excluding steroid dienone is 1. The van der Waals surface area contributed by atoms with Gasteiger partial charge in [-0.15, -0.1) is 0 Å². The van der Waals surface area contributed by atoms with Crippen LogP contribution in [0.5, 0.6) is 5.75 Å². The van der Waals surface area contributed by atoms with Crippen LogP contribution in [0.2, 0.25) is 0 Å². The molecule has 5 rings (SSSR count). The third kappa shape index (κ3) is 8.05. The lowest BCUT2D eigenvalue weighted by molar-refractivity contribution is -0.119. The summed E-state index contributed by atoms with van der Waals surface area (Å²) in [4.78, 5) is 35.6. The molecular weight excluding hydrogens is 594 g/mol. The molecule has 4 N–H and O–H groups in total. The van der Waals surface area contributed by atoms with E-state index in [4.69, 9.17) is 9.47 Å². The van der Waals surface area contributed by atoms with Crippen LogP contribution in [-0.4, -0.2) is 66.8 Å². The van der Waals surface area contributed by atoms with Gasteiger partial charge < -0.3 is 39.7 Å². The van der Waals surface area contributed by atoms with Crippen molar-refractivity contribution < 1.29 is 28.4 Å². The highest BCUT2D eigenvalue weighted by Crippen LogP contribution is 2.52. The van der Waals surface area contributed by atoms with Crippen LogP contribution < -0.4 is 25.2 Å². The molecule has 2 aromatic rings. The van der Waals surface area contributed by atoms with Crippen LogP contribution >= 0.6 is 8.38 Å². The molecule has 9 nitrogen and oxygen atoms in total. The van der Waals surface area contributed by atoms with Crippen molar-refractivity contribution in [2.45, 2.75) is 64.7 Å². The van der Waals surface area contributed by atoms with E-state index in [0.717, 1.165) is 30.6 Å². The highest BCUT2D eigenvalue weighted by Gasteiger charge is 2.38. The van der Waals surface area contributed by atoms with E-state index in [1.807, 2.05) is 37.1 Å². The summed E-state index contributed by atoms with van der Waals surface area (Å²) in [6.07, 6.45) is 4.44. The first kappa shape index (κ1) is 34.4. The summed E-state index contributed by atoms with van der Waals surface area (Å²) in [5.74, 6) is 0.0281. The van der Waals surface area contributed by atoms with E-state index in [9.17, 15) is 14.6 Å². The quantitative estimate of drug-likeness (QED) is 0.177. The second-order valence-electron chi connectivity index (χ2n) is 11.4. The number of carbonyl (C=O) groups excluding carboxylic acids is 1. The van der Waals surface area contributed by atoms with E-state index in [-0.39, 0.29) is 41.8 Å².